The van der Waals surface area contributed by atoms with Gasteiger partial charge in [0, 0.05) is 6.42 Å². The summed E-state index contributed by atoms with van der Waals surface area (Å²) in [6, 6.07) is 0. The van der Waals surface area contributed by atoms with Crippen LogP contribution >= 0.6 is 0 Å². The third-order valence-electron chi connectivity index (χ3n) is 2.59. The molecule has 16 heavy (non-hydrogen) atoms. The molecule has 4 nitrogen and oxygen atoms in total. The van der Waals surface area contributed by atoms with Crippen molar-refractivity contribution in [2.75, 3.05) is 7.05 Å². The van der Waals surface area contributed by atoms with E-state index in [4.69, 9.17) is 4.52 Å². The van der Waals surface area contributed by atoms with Crippen LogP contribution in [0.4, 0.5) is 0 Å². The molecule has 0 aromatic carbocycles. The number of hydrogen-bond acceptors (Lipinski definition) is 4. The van der Waals surface area contributed by atoms with E-state index in [1.54, 1.807) is 0 Å². The first kappa shape index (κ1) is 13.2. The molecule has 4 heteroatoms. The highest BCUT2D eigenvalue weighted by Gasteiger charge is 2.04. The molecule has 0 bridgehead atoms. The molecule has 1 aromatic heterocycles. The lowest BCUT2D eigenvalue weighted by Gasteiger charge is -1.97. The molecule has 0 spiro atoms. The number of unbranched alkanes of at least 4 members (excludes halogenated alkanes) is 5. The average molecular weight is 225 g/mol. The van der Waals surface area contributed by atoms with Crippen LogP contribution in [-0.4, -0.2) is 17.2 Å². The highest BCUT2D eigenvalue weighted by molar-refractivity contribution is 4.85. The minimum absolute atomic E-state index is 0.681. The fourth-order valence-electron chi connectivity index (χ4n) is 1.68. The van der Waals surface area contributed by atoms with Crippen molar-refractivity contribution in [1.82, 2.24) is 15.5 Å². The van der Waals surface area contributed by atoms with E-state index in [2.05, 4.69) is 22.4 Å². The van der Waals surface area contributed by atoms with Gasteiger partial charge >= 0.3 is 0 Å². The van der Waals surface area contributed by atoms with Gasteiger partial charge in [0.15, 0.2) is 5.82 Å². The third-order valence-corrected chi connectivity index (χ3v) is 2.59. The van der Waals surface area contributed by atoms with Crippen molar-refractivity contribution in [3.05, 3.63) is 11.7 Å². The first-order chi connectivity index (χ1) is 7.86. The Hall–Kier alpha value is -0.900. The Morgan fingerprint density at radius 1 is 1.12 bits per heavy atom. The summed E-state index contributed by atoms with van der Waals surface area (Å²) in [5, 5.41) is 6.89. The Morgan fingerprint density at radius 3 is 2.62 bits per heavy atom. The maximum atomic E-state index is 5.14. The van der Waals surface area contributed by atoms with E-state index in [-0.39, 0.29) is 0 Å². The van der Waals surface area contributed by atoms with E-state index in [0.29, 0.717) is 6.54 Å². The maximum absolute atomic E-state index is 5.14. The van der Waals surface area contributed by atoms with Gasteiger partial charge in [-0.05, 0) is 13.5 Å². The van der Waals surface area contributed by atoms with Crippen LogP contribution in [0.2, 0.25) is 0 Å². The van der Waals surface area contributed by atoms with Crippen molar-refractivity contribution >= 4 is 0 Å². The van der Waals surface area contributed by atoms with Gasteiger partial charge in [-0.2, -0.15) is 4.98 Å². The van der Waals surface area contributed by atoms with Crippen molar-refractivity contribution in [3.63, 3.8) is 0 Å². The number of nitrogens with zero attached hydrogens (tertiary/aromatic N) is 2. The predicted molar refractivity (Wildman–Crippen MR) is 64.1 cm³/mol. The minimum atomic E-state index is 0.681. The molecule has 92 valence electrons. The topological polar surface area (TPSA) is 51.0 Å². The summed E-state index contributed by atoms with van der Waals surface area (Å²) in [4.78, 5) is 4.29. The molecule has 1 N–H and O–H groups in total. The molecule has 0 fully saturated rings. The highest BCUT2D eigenvalue weighted by Crippen LogP contribution is 2.08. The summed E-state index contributed by atoms with van der Waals surface area (Å²) >= 11 is 0. The number of rotatable bonds is 9. The monoisotopic (exact) mass is 225 g/mol. The standard InChI is InChI=1S/C12H23N3O/c1-3-4-5-6-7-8-9-12-14-11(10-13-2)15-16-12/h13H,3-10H2,1-2H3. The van der Waals surface area contributed by atoms with E-state index in [9.17, 15) is 0 Å². The summed E-state index contributed by atoms with van der Waals surface area (Å²) < 4.78 is 5.14. The quantitative estimate of drug-likeness (QED) is 0.656. The first-order valence-corrected chi connectivity index (χ1v) is 6.33. The average Bonchev–Trinajstić information content (AvgIpc) is 2.72. The van der Waals surface area contributed by atoms with Gasteiger partial charge in [-0.15, -0.1) is 0 Å². The summed E-state index contributed by atoms with van der Waals surface area (Å²) in [5.41, 5.74) is 0. The number of aromatic nitrogens is 2. The van der Waals surface area contributed by atoms with Crippen LogP contribution in [0.15, 0.2) is 4.52 Å². The Labute approximate surface area is 97.8 Å². The summed E-state index contributed by atoms with van der Waals surface area (Å²) in [7, 11) is 1.88. The van der Waals surface area contributed by atoms with Crippen molar-refractivity contribution in [3.8, 4) is 0 Å². The van der Waals surface area contributed by atoms with Crippen molar-refractivity contribution in [1.29, 1.82) is 0 Å². The van der Waals surface area contributed by atoms with Crippen molar-refractivity contribution in [2.45, 2.75) is 58.4 Å². The summed E-state index contributed by atoms with van der Waals surface area (Å²) in [6.45, 7) is 2.92. The van der Waals surface area contributed by atoms with E-state index in [1.807, 2.05) is 7.05 Å². The Kier molecular flexibility index (Phi) is 6.81. The number of hydrogen-bond donors (Lipinski definition) is 1. The zero-order valence-electron chi connectivity index (χ0n) is 10.5. The third kappa shape index (κ3) is 5.26. The van der Waals surface area contributed by atoms with E-state index in [1.165, 1.54) is 32.1 Å². The molecular weight excluding hydrogens is 202 g/mol. The lowest BCUT2D eigenvalue weighted by Crippen LogP contribution is -2.06. The Balaban J connectivity index is 2.07. The molecule has 0 saturated carbocycles. The van der Waals surface area contributed by atoms with E-state index >= 15 is 0 Å². The normalized spacial score (nSPS) is 10.9. The number of nitrogens with one attached hydrogen (secondary N) is 1. The van der Waals surface area contributed by atoms with E-state index < -0.39 is 0 Å². The molecule has 1 heterocycles. The van der Waals surface area contributed by atoms with Crippen LogP contribution in [0.3, 0.4) is 0 Å². The van der Waals surface area contributed by atoms with Gasteiger partial charge in [0.1, 0.15) is 0 Å². The molecule has 1 aromatic rings. The molecule has 0 aliphatic heterocycles. The molecule has 0 aliphatic rings. The van der Waals surface area contributed by atoms with Crippen LogP contribution in [0.5, 0.6) is 0 Å². The Bertz CT molecular complexity index is 273. The van der Waals surface area contributed by atoms with Crippen LogP contribution < -0.4 is 5.32 Å². The highest BCUT2D eigenvalue weighted by atomic mass is 16.5. The first-order valence-electron chi connectivity index (χ1n) is 6.33. The minimum Gasteiger partial charge on any atom is -0.339 e. The van der Waals surface area contributed by atoms with Crippen molar-refractivity contribution < 1.29 is 4.52 Å². The second-order valence-electron chi connectivity index (χ2n) is 4.15. The van der Waals surface area contributed by atoms with Crippen LogP contribution in [0.25, 0.3) is 0 Å². The predicted octanol–water partition coefficient (Wildman–Crippen LogP) is 2.69. The lowest BCUT2D eigenvalue weighted by molar-refractivity contribution is 0.367. The SMILES string of the molecule is CCCCCCCCc1nc(CNC)no1. The van der Waals surface area contributed by atoms with Crippen LogP contribution in [-0.2, 0) is 13.0 Å². The zero-order valence-corrected chi connectivity index (χ0v) is 10.5. The Morgan fingerprint density at radius 2 is 1.88 bits per heavy atom. The molecule has 1 rings (SSSR count). The molecule has 0 saturated heterocycles. The largest absolute Gasteiger partial charge is 0.339 e. The van der Waals surface area contributed by atoms with Gasteiger partial charge in [-0.25, -0.2) is 0 Å². The molecular formula is C12H23N3O. The molecule has 0 amide bonds. The van der Waals surface area contributed by atoms with Gasteiger partial charge in [0.25, 0.3) is 0 Å². The second kappa shape index (κ2) is 8.28. The van der Waals surface area contributed by atoms with Gasteiger partial charge in [-0.3, -0.25) is 0 Å². The van der Waals surface area contributed by atoms with Crippen LogP contribution in [0.1, 0.15) is 57.2 Å². The van der Waals surface area contributed by atoms with Gasteiger partial charge in [0.2, 0.25) is 5.89 Å². The lowest BCUT2D eigenvalue weighted by atomic mass is 10.1. The molecule has 0 aliphatic carbocycles. The van der Waals surface area contributed by atoms with E-state index in [0.717, 1.165) is 24.6 Å². The second-order valence-corrected chi connectivity index (χ2v) is 4.15. The maximum Gasteiger partial charge on any atom is 0.226 e. The fourth-order valence-corrected chi connectivity index (χ4v) is 1.68. The van der Waals surface area contributed by atoms with Crippen LogP contribution in [0, 0.1) is 0 Å². The fraction of sp³-hybridized carbons (Fsp3) is 0.833. The van der Waals surface area contributed by atoms with Gasteiger partial charge < -0.3 is 9.84 Å². The van der Waals surface area contributed by atoms with Crippen molar-refractivity contribution in [2.24, 2.45) is 0 Å². The zero-order chi connectivity index (χ0) is 11.6. The van der Waals surface area contributed by atoms with Gasteiger partial charge in [-0.1, -0.05) is 44.2 Å². The molecule has 0 atom stereocenters. The smallest absolute Gasteiger partial charge is 0.226 e. The summed E-state index contributed by atoms with van der Waals surface area (Å²) in [6.07, 6.45) is 8.68. The molecule has 0 unspecified atom stereocenters. The van der Waals surface area contributed by atoms with Gasteiger partial charge in [0.05, 0.1) is 6.54 Å². The summed E-state index contributed by atoms with van der Waals surface area (Å²) in [5.74, 6) is 1.53. The molecule has 0 radical (unpaired) electrons. The number of aryl methyl sites for hydroxylation is 1.